The first-order valence-corrected chi connectivity index (χ1v) is 9.00. The third-order valence-corrected chi connectivity index (χ3v) is 4.22. The van der Waals surface area contributed by atoms with Gasteiger partial charge in [0.15, 0.2) is 23.0 Å². The molecule has 6 nitrogen and oxygen atoms in total. The first-order chi connectivity index (χ1) is 13.6. The van der Waals surface area contributed by atoms with Gasteiger partial charge in [0, 0.05) is 12.6 Å². The summed E-state index contributed by atoms with van der Waals surface area (Å²) in [5, 5.41) is 2.89. The topological polar surface area (TPSA) is 66.0 Å². The van der Waals surface area contributed by atoms with Gasteiger partial charge in [-0.15, -0.1) is 0 Å². The molecule has 0 radical (unpaired) electrons. The lowest BCUT2D eigenvalue weighted by molar-refractivity contribution is -0.116. The van der Waals surface area contributed by atoms with Crippen LogP contribution in [-0.2, 0) is 11.2 Å². The Morgan fingerprint density at radius 1 is 0.857 bits per heavy atom. The Bertz CT molecular complexity index is 817. The number of rotatable bonds is 10. The summed E-state index contributed by atoms with van der Waals surface area (Å²) in [5.74, 6) is 2.56. The van der Waals surface area contributed by atoms with Crippen molar-refractivity contribution in [3.63, 3.8) is 0 Å². The van der Waals surface area contributed by atoms with Gasteiger partial charge in [0.1, 0.15) is 0 Å². The maximum atomic E-state index is 12.0. The minimum atomic E-state index is -0.137. The third-order valence-electron chi connectivity index (χ3n) is 4.22. The van der Waals surface area contributed by atoms with E-state index in [9.17, 15) is 4.79 Å². The fourth-order valence-corrected chi connectivity index (χ4v) is 2.73. The molecule has 0 bridgehead atoms. The zero-order valence-corrected chi connectivity index (χ0v) is 16.8. The van der Waals surface area contributed by atoms with Crippen LogP contribution in [0.5, 0.6) is 23.0 Å². The molecular weight excluding hydrogens is 358 g/mol. The number of hydrogen-bond donors (Lipinski definition) is 1. The lowest BCUT2D eigenvalue weighted by Gasteiger charge is -2.09. The van der Waals surface area contributed by atoms with E-state index in [4.69, 9.17) is 18.9 Å². The molecule has 0 aliphatic carbocycles. The van der Waals surface area contributed by atoms with Gasteiger partial charge in [-0.3, -0.25) is 4.79 Å². The number of aryl methyl sites for hydroxylation is 1. The molecule has 0 aromatic heterocycles. The van der Waals surface area contributed by atoms with E-state index in [1.165, 1.54) is 6.08 Å². The minimum absolute atomic E-state index is 0.137. The Hall–Kier alpha value is -3.15. The summed E-state index contributed by atoms with van der Waals surface area (Å²) in [7, 11) is 6.40. The number of nitrogens with one attached hydrogen (secondary N) is 1. The second-order valence-corrected chi connectivity index (χ2v) is 6.03. The molecule has 2 aromatic carbocycles. The van der Waals surface area contributed by atoms with Crippen molar-refractivity contribution in [2.45, 2.75) is 12.8 Å². The van der Waals surface area contributed by atoms with E-state index in [0.29, 0.717) is 29.5 Å². The van der Waals surface area contributed by atoms with Crippen molar-refractivity contribution < 1.29 is 23.7 Å². The number of amides is 1. The lowest BCUT2D eigenvalue weighted by Crippen LogP contribution is -2.22. The fraction of sp³-hybridized carbons (Fsp3) is 0.318. The van der Waals surface area contributed by atoms with Crippen LogP contribution in [0.2, 0.25) is 0 Å². The van der Waals surface area contributed by atoms with Crippen LogP contribution >= 0.6 is 0 Å². The number of ether oxygens (including phenoxy) is 4. The van der Waals surface area contributed by atoms with Gasteiger partial charge >= 0.3 is 0 Å². The van der Waals surface area contributed by atoms with E-state index < -0.39 is 0 Å². The van der Waals surface area contributed by atoms with Crippen LogP contribution in [-0.4, -0.2) is 40.9 Å². The first kappa shape index (κ1) is 21.2. The van der Waals surface area contributed by atoms with Gasteiger partial charge in [-0.25, -0.2) is 0 Å². The second kappa shape index (κ2) is 10.9. The smallest absolute Gasteiger partial charge is 0.243 e. The Labute approximate surface area is 166 Å². The summed E-state index contributed by atoms with van der Waals surface area (Å²) in [5.41, 5.74) is 1.99. The Kier molecular flexibility index (Phi) is 8.21. The Morgan fingerprint density at radius 2 is 1.46 bits per heavy atom. The molecule has 2 rings (SSSR count). The molecule has 0 atom stereocenters. The maximum Gasteiger partial charge on any atom is 0.243 e. The monoisotopic (exact) mass is 385 g/mol. The quantitative estimate of drug-likeness (QED) is 0.501. The molecule has 150 valence electrons. The molecule has 0 unspecified atom stereocenters. The van der Waals surface area contributed by atoms with Crippen LogP contribution in [0.3, 0.4) is 0 Å². The van der Waals surface area contributed by atoms with Gasteiger partial charge in [-0.1, -0.05) is 12.1 Å². The molecule has 1 N–H and O–H groups in total. The van der Waals surface area contributed by atoms with E-state index in [0.717, 1.165) is 24.0 Å². The first-order valence-electron chi connectivity index (χ1n) is 9.00. The highest BCUT2D eigenvalue weighted by Crippen LogP contribution is 2.28. The maximum absolute atomic E-state index is 12.0. The molecular formula is C22H27NO5. The van der Waals surface area contributed by atoms with Gasteiger partial charge in [-0.05, 0) is 54.3 Å². The number of benzene rings is 2. The Balaban J connectivity index is 1.80. The largest absolute Gasteiger partial charge is 0.493 e. The van der Waals surface area contributed by atoms with Crippen molar-refractivity contribution in [1.29, 1.82) is 0 Å². The highest BCUT2D eigenvalue weighted by molar-refractivity contribution is 5.91. The van der Waals surface area contributed by atoms with Crippen molar-refractivity contribution in [1.82, 2.24) is 5.32 Å². The second-order valence-electron chi connectivity index (χ2n) is 6.03. The number of hydrogen-bond acceptors (Lipinski definition) is 5. The molecule has 0 aliphatic heterocycles. The van der Waals surface area contributed by atoms with Crippen molar-refractivity contribution in [2.75, 3.05) is 35.0 Å². The van der Waals surface area contributed by atoms with Crippen LogP contribution < -0.4 is 24.3 Å². The van der Waals surface area contributed by atoms with Crippen LogP contribution in [0.4, 0.5) is 0 Å². The van der Waals surface area contributed by atoms with Crippen LogP contribution in [0.15, 0.2) is 42.5 Å². The predicted octanol–water partition coefficient (Wildman–Crippen LogP) is 3.48. The molecule has 0 fully saturated rings. The molecule has 0 saturated carbocycles. The van der Waals surface area contributed by atoms with E-state index >= 15 is 0 Å². The molecule has 0 spiro atoms. The number of methoxy groups -OCH3 is 4. The summed E-state index contributed by atoms with van der Waals surface area (Å²) in [6.07, 6.45) is 4.91. The molecule has 2 aromatic rings. The highest BCUT2D eigenvalue weighted by Gasteiger charge is 2.05. The van der Waals surface area contributed by atoms with Crippen LogP contribution in [0, 0.1) is 0 Å². The predicted molar refractivity (Wildman–Crippen MR) is 109 cm³/mol. The highest BCUT2D eigenvalue weighted by atomic mass is 16.5. The van der Waals surface area contributed by atoms with Gasteiger partial charge in [0.05, 0.1) is 28.4 Å². The Morgan fingerprint density at radius 3 is 2.11 bits per heavy atom. The van der Waals surface area contributed by atoms with Crippen molar-refractivity contribution in [3.05, 3.63) is 53.6 Å². The van der Waals surface area contributed by atoms with Crippen LogP contribution in [0.25, 0.3) is 6.08 Å². The molecule has 0 saturated heterocycles. The van der Waals surface area contributed by atoms with E-state index in [-0.39, 0.29) is 5.91 Å². The SMILES string of the molecule is COc1ccc(/C=C/C(=O)NCCCc2ccc(OC)c(OC)c2)cc1OC. The summed E-state index contributed by atoms with van der Waals surface area (Å²) in [6, 6.07) is 11.3. The van der Waals surface area contributed by atoms with Crippen molar-refractivity contribution in [2.24, 2.45) is 0 Å². The summed E-state index contributed by atoms with van der Waals surface area (Å²) >= 11 is 0. The molecule has 0 heterocycles. The average molecular weight is 385 g/mol. The molecule has 6 heteroatoms. The van der Waals surface area contributed by atoms with Crippen molar-refractivity contribution in [3.8, 4) is 23.0 Å². The standard InChI is InChI=1S/C22H27NO5/c1-25-18-10-7-16(14-20(18)27-3)6-5-13-23-22(24)12-9-17-8-11-19(26-2)21(15-17)28-4/h7-12,14-15H,5-6,13H2,1-4H3,(H,23,24)/b12-9+. The molecule has 28 heavy (non-hydrogen) atoms. The van der Waals surface area contributed by atoms with Gasteiger partial charge in [-0.2, -0.15) is 0 Å². The van der Waals surface area contributed by atoms with Gasteiger partial charge < -0.3 is 24.3 Å². The van der Waals surface area contributed by atoms with E-state index in [1.54, 1.807) is 40.6 Å². The normalized spacial score (nSPS) is 10.6. The minimum Gasteiger partial charge on any atom is -0.493 e. The zero-order valence-electron chi connectivity index (χ0n) is 16.8. The summed E-state index contributed by atoms with van der Waals surface area (Å²) in [6.45, 7) is 0.587. The summed E-state index contributed by atoms with van der Waals surface area (Å²) in [4.78, 5) is 12.0. The lowest BCUT2D eigenvalue weighted by atomic mass is 10.1. The average Bonchev–Trinajstić information content (AvgIpc) is 2.74. The number of carbonyl (C=O) groups is 1. The number of carbonyl (C=O) groups excluding carboxylic acids is 1. The van der Waals surface area contributed by atoms with Gasteiger partial charge in [0.25, 0.3) is 0 Å². The van der Waals surface area contributed by atoms with E-state index in [2.05, 4.69) is 5.32 Å². The van der Waals surface area contributed by atoms with Gasteiger partial charge in [0.2, 0.25) is 5.91 Å². The summed E-state index contributed by atoms with van der Waals surface area (Å²) < 4.78 is 21.0. The molecule has 0 aliphatic rings. The third kappa shape index (κ3) is 5.94. The van der Waals surface area contributed by atoms with E-state index in [1.807, 2.05) is 30.3 Å². The van der Waals surface area contributed by atoms with Crippen LogP contribution in [0.1, 0.15) is 17.5 Å². The van der Waals surface area contributed by atoms with Crippen molar-refractivity contribution >= 4 is 12.0 Å². The molecule has 1 amide bonds. The fourth-order valence-electron chi connectivity index (χ4n) is 2.73. The zero-order chi connectivity index (χ0) is 20.4.